The van der Waals surface area contributed by atoms with E-state index in [1.54, 1.807) is 17.0 Å². The number of hydrogen-bond donors (Lipinski definition) is 0. The van der Waals surface area contributed by atoms with Crippen LogP contribution < -0.4 is 0 Å². The van der Waals surface area contributed by atoms with Crippen molar-refractivity contribution >= 4 is 28.8 Å². The first-order chi connectivity index (χ1) is 19.9. The predicted molar refractivity (Wildman–Crippen MR) is 160 cm³/mol. The molecule has 3 heterocycles. The highest BCUT2D eigenvalue weighted by atomic mass is 35.5. The molecule has 41 heavy (non-hydrogen) atoms. The van der Waals surface area contributed by atoms with Gasteiger partial charge in [0.1, 0.15) is 5.65 Å². The van der Waals surface area contributed by atoms with Crippen molar-refractivity contribution in [2.75, 3.05) is 26.2 Å². The zero-order chi connectivity index (χ0) is 28.5. The van der Waals surface area contributed by atoms with Crippen molar-refractivity contribution in [3.8, 4) is 22.4 Å². The third-order valence-electron chi connectivity index (χ3n) is 7.52. The summed E-state index contributed by atoms with van der Waals surface area (Å²) in [6, 6.07) is 26.3. The van der Waals surface area contributed by atoms with Crippen LogP contribution in [0.5, 0.6) is 0 Å². The number of hydrogen-bond acceptors (Lipinski definition) is 5. The number of pyridine rings is 1. The van der Waals surface area contributed by atoms with Crippen molar-refractivity contribution in [3.05, 3.63) is 123 Å². The Labute approximate surface area is 242 Å². The first-order valence-electron chi connectivity index (χ1n) is 13.5. The van der Waals surface area contributed by atoms with Crippen LogP contribution in [0.4, 0.5) is 5.69 Å². The summed E-state index contributed by atoms with van der Waals surface area (Å²) in [7, 11) is 0. The molecule has 1 aliphatic rings. The van der Waals surface area contributed by atoms with Crippen LogP contribution in [0.25, 0.3) is 28.0 Å². The lowest BCUT2D eigenvalue weighted by atomic mass is 10.1. The Bertz CT molecular complexity index is 1760. The fraction of sp³-hybridized carbons (Fsp3) is 0.188. The van der Waals surface area contributed by atoms with E-state index < -0.39 is 4.92 Å². The summed E-state index contributed by atoms with van der Waals surface area (Å²) in [4.78, 5) is 32.9. The van der Waals surface area contributed by atoms with Crippen LogP contribution in [0.2, 0.25) is 5.02 Å². The number of piperazine rings is 1. The number of carbonyl (C=O) groups is 1. The Balaban J connectivity index is 1.28. The van der Waals surface area contributed by atoms with E-state index in [-0.39, 0.29) is 11.6 Å². The van der Waals surface area contributed by atoms with Crippen LogP contribution in [0.15, 0.2) is 91.1 Å². The van der Waals surface area contributed by atoms with E-state index in [0.717, 1.165) is 33.7 Å². The molecule has 6 rings (SSSR count). The molecule has 206 valence electrons. The van der Waals surface area contributed by atoms with E-state index in [0.29, 0.717) is 43.3 Å². The predicted octanol–water partition coefficient (Wildman–Crippen LogP) is 6.50. The second-order valence-electron chi connectivity index (χ2n) is 10.3. The Morgan fingerprint density at radius 1 is 0.902 bits per heavy atom. The number of amides is 1. The fourth-order valence-corrected chi connectivity index (χ4v) is 5.46. The van der Waals surface area contributed by atoms with Crippen molar-refractivity contribution in [1.29, 1.82) is 0 Å². The average Bonchev–Trinajstić information content (AvgIpc) is 3.35. The minimum atomic E-state index is -0.479. The Kier molecular flexibility index (Phi) is 7.26. The largest absolute Gasteiger partial charge is 0.336 e. The molecule has 5 aromatic rings. The molecule has 1 saturated heterocycles. The molecule has 0 bridgehead atoms. The van der Waals surface area contributed by atoms with E-state index in [2.05, 4.69) is 58.8 Å². The number of non-ortho nitro benzene ring substituents is 1. The lowest BCUT2D eigenvalue weighted by Crippen LogP contribution is -2.48. The molecule has 9 heteroatoms. The summed E-state index contributed by atoms with van der Waals surface area (Å²) in [5, 5.41) is 11.8. The number of aryl methyl sites for hydroxylation is 1. The van der Waals surface area contributed by atoms with Crippen molar-refractivity contribution < 1.29 is 9.72 Å². The van der Waals surface area contributed by atoms with Gasteiger partial charge in [0.05, 0.1) is 16.3 Å². The van der Waals surface area contributed by atoms with Gasteiger partial charge in [-0.3, -0.25) is 19.8 Å². The van der Waals surface area contributed by atoms with Crippen LogP contribution in [0.3, 0.4) is 0 Å². The molecule has 0 atom stereocenters. The quantitative estimate of drug-likeness (QED) is 0.173. The number of nitro benzene ring substituents is 1. The summed E-state index contributed by atoms with van der Waals surface area (Å²) < 4.78 is 2.17. The molecule has 0 spiro atoms. The zero-order valence-electron chi connectivity index (χ0n) is 22.5. The molecule has 0 unspecified atom stereocenters. The van der Waals surface area contributed by atoms with E-state index in [1.807, 2.05) is 24.3 Å². The van der Waals surface area contributed by atoms with Gasteiger partial charge < -0.3 is 9.30 Å². The number of nitrogens with zero attached hydrogens (tertiary/aromatic N) is 5. The van der Waals surface area contributed by atoms with Crippen LogP contribution in [-0.2, 0) is 6.54 Å². The van der Waals surface area contributed by atoms with Crippen molar-refractivity contribution in [2.24, 2.45) is 0 Å². The molecule has 1 aliphatic heterocycles. The molecule has 0 N–H and O–H groups in total. The molecule has 3 aromatic carbocycles. The third kappa shape index (κ3) is 5.57. The zero-order valence-corrected chi connectivity index (χ0v) is 23.3. The molecular formula is C32H28ClN5O3. The number of halogens is 1. The maximum Gasteiger partial charge on any atom is 0.270 e. The van der Waals surface area contributed by atoms with Gasteiger partial charge in [-0.25, -0.2) is 4.98 Å². The van der Waals surface area contributed by atoms with E-state index in [9.17, 15) is 14.9 Å². The maximum atomic E-state index is 13.1. The van der Waals surface area contributed by atoms with Gasteiger partial charge in [-0.2, -0.15) is 0 Å². The van der Waals surface area contributed by atoms with Gasteiger partial charge in [-0.05, 0) is 48.4 Å². The molecule has 0 saturated carbocycles. The van der Waals surface area contributed by atoms with Crippen molar-refractivity contribution in [2.45, 2.75) is 13.5 Å². The lowest BCUT2D eigenvalue weighted by Gasteiger charge is -2.34. The molecule has 2 aromatic heterocycles. The maximum absolute atomic E-state index is 13.1. The van der Waals surface area contributed by atoms with Crippen LogP contribution >= 0.6 is 11.6 Å². The summed E-state index contributed by atoms with van der Waals surface area (Å²) >= 11 is 6.18. The van der Waals surface area contributed by atoms with Crippen molar-refractivity contribution in [3.63, 3.8) is 0 Å². The number of benzene rings is 3. The van der Waals surface area contributed by atoms with Gasteiger partial charge in [-0.1, -0.05) is 59.6 Å². The number of imidazole rings is 1. The van der Waals surface area contributed by atoms with Crippen LogP contribution in [0, 0.1) is 17.0 Å². The second kappa shape index (κ2) is 11.2. The third-order valence-corrected chi connectivity index (χ3v) is 7.78. The second-order valence-corrected chi connectivity index (χ2v) is 10.7. The Morgan fingerprint density at radius 2 is 1.63 bits per heavy atom. The number of carbonyl (C=O) groups excluding carboxylic acids is 1. The minimum Gasteiger partial charge on any atom is -0.336 e. The van der Waals surface area contributed by atoms with E-state index in [4.69, 9.17) is 16.6 Å². The minimum absolute atomic E-state index is 0.0816. The van der Waals surface area contributed by atoms with Gasteiger partial charge in [-0.15, -0.1) is 0 Å². The molecule has 0 aliphatic carbocycles. The highest BCUT2D eigenvalue weighted by Crippen LogP contribution is 2.30. The lowest BCUT2D eigenvalue weighted by molar-refractivity contribution is -0.384. The smallest absolute Gasteiger partial charge is 0.270 e. The summed E-state index contributed by atoms with van der Waals surface area (Å²) in [6.07, 6.45) is 2.15. The number of fused-ring (bicyclic) bond motifs is 1. The summed E-state index contributed by atoms with van der Waals surface area (Å²) in [5.41, 5.74) is 7.53. The van der Waals surface area contributed by atoms with Crippen molar-refractivity contribution in [1.82, 2.24) is 19.2 Å². The normalized spacial score (nSPS) is 14.0. The van der Waals surface area contributed by atoms with Crippen LogP contribution in [-0.4, -0.2) is 56.2 Å². The monoisotopic (exact) mass is 565 g/mol. The molecule has 1 amide bonds. The van der Waals surface area contributed by atoms with Gasteiger partial charge in [0.15, 0.2) is 0 Å². The summed E-state index contributed by atoms with van der Waals surface area (Å²) in [6.45, 7) is 5.14. The van der Waals surface area contributed by atoms with Gasteiger partial charge >= 0.3 is 0 Å². The number of nitro groups is 1. The van der Waals surface area contributed by atoms with Gasteiger partial charge in [0.2, 0.25) is 0 Å². The SMILES string of the molecule is Cc1cccc(-c2ccc3nc(-c4ccc(Cl)cc4)c(CN4CCN(C(=O)c5cccc([N+](=O)[O-])c5)CC4)n3c2)c1. The van der Waals surface area contributed by atoms with Gasteiger partial charge in [0.25, 0.3) is 11.6 Å². The highest BCUT2D eigenvalue weighted by Gasteiger charge is 2.25. The molecule has 8 nitrogen and oxygen atoms in total. The Hall–Kier alpha value is -4.53. The highest BCUT2D eigenvalue weighted by molar-refractivity contribution is 6.30. The average molecular weight is 566 g/mol. The van der Waals surface area contributed by atoms with E-state index >= 15 is 0 Å². The van der Waals surface area contributed by atoms with Crippen LogP contribution in [0.1, 0.15) is 21.6 Å². The standard InChI is InChI=1S/C32H28ClN5O3/c1-22-4-2-5-24(18-22)26-10-13-30-34-31(23-8-11-27(33)12-9-23)29(37(30)20-26)21-35-14-16-36(17-15-35)32(39)25-6-3-7-28(19-25)38(40)41/h2-13,18-20H,14-17,21H2,1H3. The first kappa shape index (κ1) is 26.7. The molecule has 1 fully saturated rings. The number of aromatic nitrogens is 2. The molecule has 0 radical (unpaired) electrons. The Morgan fingerprint density at radius 3 is 2.37 bits per heavy atom. The van der Waals surface area contributed by atoms with Gasteiger partial charge in [0, 0.05) is 67.2 Å². The number of rotatable bonds is 6. The van der Waals surface area contributed by atoms with E-state index in [1.165, 1.54) is 17.7 Å². The first-order valence-corrected chi connectivity index (χ1v) is 13.8. The molecular weight excluding hydrogens is 538 g/mol. The topological polar surface area (TPSA) is 84.0 Å². The fourth-order valence-electron chi connectivity index (χ4n) is 5.33. The summed E-state index contributed by atoms with van der Waals surface area (Å²) in [5.74, 6) is -0.187.